The first-order valence-corrected chi connectivity index (χ1v) is 7.11. The normalized spacial score (nSPS) is 15.9. The van der Waals surface area contributed by atoms with Crippen LogP contribution < -0.4 is 15.4 Å². The minimum Gasteiger partial charge on any atom is -0.495 e. The Morgan fingerprint density at radius 3 is 2.38 bits per heavy atom. The number of carbonyl (C=O) groups excluding carboxylic acids is 3. The van der Waals surface area contributed by atoms with E-state index in [0.717, 1.165) is 0 Å². The second-order valence-electron chi connectivity index (χ2n) is 5.48. The lowest BCUT2D eigenvalue weighted by Gasteiger charge is -2.29. The summed E-state index contributed by atoms with van der Waals surface area (Å²) < 4.78 is 15.2. The summed E-state index contributed by atoms with van der Waals surface area (Å²) in [5, 5.41) is 5.42. The maximum Gasteiger partial charge on any atom is 0.350 e. The number of esters is 2. The standard InChI is InChI=1S/C16H18N2O6/c1-9(19)18-10-5-6-13(22-4)12(7-10)17-8-11-14(20)23-16(2,3)24-15(11)21/h5-8,17H,1-4H3,(H,18,19). The second-order valence-corrected chi connectivity index (χ2v) is 5.48. The zero-order valence-corrected chi connectivity index (χ0v) is 13.8. The summed E-state index contributed by atoms with van der Waals surface area (Å²) in [6.45, 7) is 4.31. The van der Waals surface area contributed by atoms with Crippen molar-refractivity contribution >= 4 is 29.2 Å². The van der Waals surface area contributed by atoms with E-state index < -0.39 is 17.7 Å². The third-order valence-corrected chi connectivity index (χ3v) is 3.01. The Bertz CT molecular complexity index is 701. The van der Waals surface area contributed by atoms with Gasteiger partial charge in [-0.05, 0) is 18.2 Å². The Labute approximate surface area is 138 Å². The maximum absolute atomic E-state index is 11.9. The quantitative estimate of drug-likeness (QED) is 0.491. The molecule has 128 valence electrons. The number of hydrogen-bond acceptors (Lipinski definition) is 7. The van der Waals surface area contributed by atoms with E-state index in [2.05, 4.69) is 10.6 Å². The summed E-state index contributed by atoms with van der Waals surface area (Å²) >= 11 is 0. The van der Waals surface area contributed by atoms with Gasteiger partial charge in [0.2, 0.25) is 5.91 Å². The van der Waals surface area contributed by atoms with Gasteiger partial charge in [0.25, 0.3) is 5.79 Å². The van der Waals surface area contributed by atoms with Crippen molar-refractivity contribution in [3.05, 3.63) is 30.0 Å². The topological polar surface area (TPSA) is 103 Å². The molecule has 0 spiro atoms. The van der Waals surface area contributed by atoms with Crippen LogP contribution in [0.1, 0.15) is 20.8 Å². The molecule has 0 aliphatic carbocycles. The minimum absolute atomic E-state index is 0.230. The number of anilines is 2. The molecule has 0 saturated carbocycles. The number of benzene rings is 1. The van der Waals surface area contributed by atoms with Crippen molar-refractivity contribution in [3.8, 4) is 5.75 Å². The Hall–Kier alpha value is -3.03. The Balaban J connectivity index is 2.25. The zero-order chi connectivity index (χ0) is 17.9. The number of hydrogen-bond donors (Lipinski definition) is 2. The predicted octanol–water partition coefficient (Wildman–Crippen LogP) is 1.79. The van der Waals surface area contributed by atoms with Gasteiger partial charge in [0.1, 0.15) is 5.75 Å². The first-order valence-electron chi connectivity index (χ1n) is 7.11. The van der Waals surface area contributed by atoms with Crippen LogP contribution in [0, 0.1) is 0 Å². The van der Waals surface area contributed by atoms with Gasteiger partial charge in [0.05, 0.1) is 12.8 Å². The Morgan fingerprint density at radius 1 is 1.21 bits per heavy atom. The first kappa shape index (κ1) is 17.3. The summed E-state index contributed by atoms with van der Waals surface area (Å²) in [4.78, 5) is 34.9. The van der Waals surface area contributed by atoms with E-state index in [-0.39, 0.29) is 11.5 Å². The molecule has 0 aromatic heterocycles. The molecule has 1 aliphatic rings. The largest absolute Gasteiger partial charge is 0.495 e. The number of amides is 1. The van der Waals surface area contributed by atoms with E-state index in [1.807, 2.05) is 0 Å². The molecular formula is C16H18N2O6. The van der Waals surface area contributed by atoms with Gasteiger partial charge in [-0.1, -0.05) is 0 Å². The molecule has 1 aliphatic heterocycles. The molecule has 1 heterocycles. The van der Waals surface area contributed by atoms with Crippen molar-refractivity contribution in [1.82, 2.24) is 0 Å². The zero-order valence-electron chi connectivity index (χ0n) is 13.8. The van der Waals surface area contributed by atoms with Crippen molar-refractivity contribution in [3.63, 3.8) is 0 Å². The molecule has 1 aromatic rings. The Kier molecular flexibility index (Phi) is 4.77. The van der Waals surface area contributed by atoms with E-state index >= 15 is 0 Å². The third-order valence-electron chi connectivity index (χ3n) is 3.01. The van der Waals surface area contributed by atoms with E-state index in [4.69, 9.17) is 14.2 Å². The molecular weight excluding hydrogens is 316 g/mol. The minimum atomic E-state index is -1.30. The molecule has 1 fully saturated rings. The van der Waals surface area contributed by atoms with Crippen LogP contribution in [0.2, 0.25) is 0 Å². The van der Waals surface area contributed by atoms with Crippen LogP contribution in [0.3, 0.4) is 0 Å². The van der Waals surface area contributed by atoms with E-state index in [9.17, 15) is 14.4 Å². The maximum atomic E-state index is 11.9. The summed E-state index contributed by atoms with van der Waals surface area (Å²) in [5.41, 5.74) is 0.696. The molecule has 24 heavy (non-hydrogen) atoms. The third kappa shape index (κ3) is 4.03. The number of cyclic esters (lactones) is 2. The van der Waals surface area contributed by atoms with Gasteiger partial charge in [0.15, 0.2) is 5.57 Å². The molecule has 2 rings (SSSR count). The van der Waals surface area contributed by atoms with Gasteiger partial charge in [-0.3, -0.25) is 4.79 Å². The molecule has 1 amide bonds. The van der Waals surface area contributed by atoms with E-state index in [1.54, 1.807) is 18.2 Å². The van der Waals surface area contributed by atoms with Gasteiger partial charge in [0, 0.05) is 32.7 Å². The van der Waals surface area contributed by atoms with Crippen molar-refractivity contribution in [2.45, 2.75) is 26.6 Å². The van der Waals surface area contributed by atoms with Gasteiger partial charge >= 0.3 is 11.9 Å². The molecule has 1 aromatic carbocycles. The molecule has 8 heteroatoms. The van der Waals surface area contributed by atoms with E-state index in [1.165, 1.54) is 34.1 Å². The van der Waals surface area contributed by atoms with Crippen LogP contribution in [0.25, 0.3) is 0 Å². The fourth-order valence-corrected chi connectivity index (χ4v) is 2.03. The summed E-state index contributed by atoms with van der Waals surface area (Å²) in [5.74, 6) is -2.65. The molecule has 0 radical (unpaired) electrons. The highest BCUT2D eigenvalue weighted by atomic mass is 16.7. The first-order chi connectivity index (χ1) is 11.2. The lowest BCUT2D eigenvalue weighted by Crippen LogP contribution is -2.42. The number of carbonyl (C=O) groups is 3. The lowest BCUT2D eigenvalue weighted by atomic mass is 10.2. The summed E-state index contributed by atoms with van der Waals surface area (Å²) in [6, 6.07) is 4.89. The number of nitrogens with one attached hydrogen (secondary N) is 2. The predicted molar refractivity (Wildman–Crippen MR) is 85.3 cm³/mol. The van der Waals surface area contributed by atoms with Gasteiger partial charge in [-0.25, -0.2) is 9.59 Å². The monoisotopic (exact) mass is 334 g/mol. The van der Waals surface area contributed by atoms with Crippen molar-refractivity contribution < 1.29 is 28.6 Å². The molecule has 8 nitrogen and oxygen atoms in total. The highest BCUT2D eigenvalue weighted by Crippen LogP contribution is 2.29. The van der Waals surface area contributed by atoms with Crippen LogP contribution in [-0.4, -0.2) is 30.7 Å². The fraction of sp³-hybridized carbons (Fsp3) is 0.312. The molecule has 0 atom stereocenters. The fourth-order valence-electron chi connectivity index (χ4n) is 2.03. The number of ether oxygens (including phenoxy) is 3. The molecule has 0 unspecified atom stereocenters. The highest BCUT2D eigenvalue weighted by Gasteiger charge is 2.38. The number of methoxy groups -OCH3 is 1. The summed E-state index contributed by atoms with van der Waals surface area (Å²) in [6.07, 6.45) is 1.18. The summed E-state index contributed by atoms with van der Waals surface area (Å²) in [7, 11) is 1.47. The SMILES string of the molecule is COc1ccc(NC(C)=O)cc1NC=C1C(=O)OC(C)(C)OC1=O. The van der Waals surface area contributed by atoms with Gasteiger partial charge < -0.3 is 24.8 Å². The van der Waals surface area contributed by atoms with E-state index in [0.29, 0.717) is 17.1 Å². The van der Waals surface area contributed by atoms with Crippen LogP contribution >= 0.6 is 0 Å². The van der Waals surface area contributed by atoms with Crippen molar-refractivity contribution in [1.29, 1.82) is 0 Å². The van der Waals surface area contributed by atoms with Crippen molar-refractivity contribution in [2.75, 3.05) is 17.7 Å². The molecule has 2 N–H and O–H groups in total. The Morgan fingerprint density at radius 2 is 1.83 bits per heavy atom. The number of rotatable bonds is 4. The molecule has 0 bridgehead atoms. The van der Waals surface area contributed by atoms with Gasteiger partial charge in [-0.2, -0.15) is 0 Å². The smallest absolute Gasteiger partial charge is 0.350 e. The highest BCUT2D eigenvalue weighted by molar-refractivity contribution is 6.15. The van der Waals surface area contributed by atoms with Crippen LogP contribution in [0.15, 0.2) is 30.0 Å². The molecule has 1 saturated heterocycles. The van der Waals surface area contributed by atoms with Crippen LogP contribution in [-0.2, 0) is 23.9 Å². The van der Waals surface area contributed by atoms with Crippen LogP contribution in [0.5, 0.6) is 5.75 Å². The second kappa shape index (κ2) is 6.61. The van der Waals surface area contributed by atoms with Crippen molar-refractivity contribution in [2.24, 2.45) is 0 Å². The van der Waals surface area contributed by atoms with Gasteiger partial charge in [-0.15, -0.1) is 0 Å². The average molecular weight is 334 g/mol. The lowest BCUT2D eigenvalue weighted by molar-refractivity contribution is -0.222. The average Bonchev–Trinajstić information content (AvgIpc) is 2.44. The van der Waals surface area contributed by atoms with Crippen LogP contribution in [0.4, 0.5) is 11.4 Å².